The van der Waals surface area contributed by atoms with Gasteiger partial charge in [-0.3, -0.25) is 4.79 Å². The molecule has 2 rings (SSSR count). The Kier molecular flexibility index (Phi) is 4.80. The van der Waals surface area contributed by atoms with Crippen LogP contribution in [0.25, 0.3) is 0 Å². The minimum atomic E-state index is -0.188. The Labute approximate surface area is 126 Å². The third-order valence-electron chi connectivity index (χ3n) is 2.64. The largest absolute Gasteiger partial charge is 0.321 e. The summed E-state index contributed by atoms with van der Waals surface area (Å²) in [7, 11) is 0. The standard InChI is InChI=1S/C15H13ClN2OS/c1-10-4-5-12(16)9-13(10)18-15(19)14-11(3-2-7-17)6-8-20-14/h4-6,8-9H,7,17H2,1H3,(H,18,19). The lowest BCUT2D eigenvalue weighted by atomic mass is 10.2. The van der Waals surface area contributed by atoms with Crippen LogP contribution in [0.4, 0.5) is 5.69 Å². The number of aryl methyl sites for hydroxylation is 1. The highest BCUT2D eigenvalue weighted by molar-refractivity contribution is 7.12. The van der Waals surface area contributed by atoms with E-state index in [-0.39, 0.29) is 12.5 Å². The Hall–Kier alpha value is -1.80. The molecule has 0 saturated carbocycles. The molecule has 20 heavy (non-hydrogen) atoms. The highest BCUT2D eigenvalue weighted by Gasteiger charge is 2.13. The van der Waals surface area contributed by atoms with Crippen LogP contribution in [-0.2, 0) is 0 Å². The van der Waals surface area contributed by atoms with Gasteiger partial charge in [-0.25, -0.2) is 0 Å². The summed E-state index contributed by atoms with van der Waals surface area (Å²) in [4.78, 5) is 12.9. The Morgan fingerprint density at radius 2 is 2.25 bits per heavy atom. The fourth-order valence-electron chi connectivity index (χ4n) is 1.64. The van der Waals surface area contributed by atoms with Gasteiger partial charge in [0.15, 0.2) is 0 Å². The van der Waals surface area contributed by atoms with Crippen molar-refractivity contribution in [1.29, 1.82) is 0 Å². The highest BCUT2D eigenvalue weighted by Crippen LogP contribution is 2.23. The van der Waals surface area contributed by atoms with Gasteiger partial charge < -0.3 is 11.1 Å². The molecule has 3 nitrogen and oxygen atoms in total. The number of benzene rings is 1. The van der Waals surface area contributed by atoms with E-state index in [0.29, 0.717) is 21.2 Å². The van der Waals surface area contributed by atoms with Crippen LogP contribution in [0.3, 0.4) is 0 Å². The number of thiophene rings is 1. The van der Waals surface area contributed by atoms with Gasteiger partial charge in [0.2, 0.25) is 0 Å². The number of halogens is 1. The van der Waals surface area contributed by atoms with Crippen LogP contribution in [0.15, 0.2) is 29.6 Å². The number of amides is 1. The molecule has 0 unspecified atom stereocenters. The molecule has 2 aromatic rings. The van der Waals surface area contributed by atoms with E-state index in [1.165, 1.54) is 11.3 Å². The van der Waals surface area contributed by atoms with Crippen molar-refractivity contribution in [1.82, 2.24) is 0 Å². The molecule has 0 bridgehead atoms. The van der Waals surface area contributed by atoms with E-state index in [1.54, 1.807) is 12.1 Å². The van der Waals surface area contributed by atoms with Crippen molar-refractivity contribution in [3.05, 3.63) is 50.7 Å². The lowest BCUT2D eigenvalue weighted by molar-refractivity contribution is 0.103. The molecule has 0 fully saturated rings. The van der Waals surface area contributed by atoms with Crippen LogP contribution in [-0.4, -0.2) is 12.5 Å². The van der Waals surface area contributed by atoms with Crippen molar-refractivity contribution in [2.75, 3.05) is 11.9 Å². The smallest absolute Gasteiger partial charge is 0.267 e. The molecule has 0 aliphatic rings. The molecular weight excluding hydrogens is 292 g/mol. The fraction of sp³-hybridized carbons (Fsp3) is 0.133. The van der Waals surface area contributed by atoms with Crippen LogP contribution in [0, 0.1) is 18.8 Å². The Morgan fingerprint density at radius 3 is 3.00 bits per heavy atom. The van der Waals surface area contributed by atoms with E-state index >= 15 is 0 Å². The van der Waals surface area contributed by atoms with Crippen molar-refractivity contribution in [2.45, 2.75) is 6.92 Å². The lowest BCUT2D eigenvalue weighted by Gasteiger charge is -2.08. The molecule has 0 aliphatic heterocycles. The van der Waals surface area contributed by atoms with Gasteiger partial charge in [0.25, 0.3) is 5.91 Å². The normalized spacial score (nSPS) is 9.75. The molecule has 1 amide bonds. The zero-order valence-corrected chi connectivity index (χ0v) is 12.4. The first-order valence-electron chi connectivity index (χ1n) is 5.95. The number of hydrogen-bond donors (Lipinski definition) is 2. The summed E-state index contributed by atoms with van der Waals surface area (Å²) in [6, 6.07) is 7.19. The van der Waals surface area contributed by atoms with E-state index in [9.17, 15) is 4.79 Å². The quantitative estimate of drug-likeness (QED) is 0.837. The molecule has 1 aromatic heterocycles. The van der Waals surface area contributed by atoms with Gasteiger partial charge in [0.1, 0.15) is 4.88 Å². The molecule has 102 valence electrons. The SMILES string of the molecule is Cc1ccc(Cl)cc1NC(=O)c1sccc1C#CCN. The van der Waals surface area contributed by atoms with E-state index < -0.39 is 0 Å². The van der Waals surface area contributed by atoms with E-state index in [4.69, 9.17) is 17.3 Å². The van der Waals surface area contributed by atoms with Crippen molar-refractivity contribution in [2.24, 2.45) is 5.73 Å². The van der Waals surface area contributed by atoms with Gasteiger partial charge in [-0.2, -0.15) is 0 Å². The summed E-state index contributed by atoms with van der Waals surface area (Å²) in [5.74, 6) is 5.46. The number of carbonyl (C=O) groups is 1. The predicted octanol–water partition coefficient (Wildman–Crippen LogP) is 3.27. The molecule has 5 heteroatoms. The summed E-state index contributed by atoms with van der Waals surface area (Å²) < 4.78 is 0. The summed E-state index contributed by atoms with van der Waals surface area (Å²) in [5, 5.41) is 5.28. The number of hydrogen-bond acceptors (Lipinski definition) is 3. The maximum absolute atomic E-state index is 12.3. The van der Waals surface area contributed by atoms with Gasteiger partial charge in [-0.1, -0.05) is 29.5 Å². The van der Waals surface area contributed by atoms with Crippen molar-refractivity contribution in [3.8, 4) is 11.8 Å². The third-order valence-corrected chi connectivity index (χ3v) is 3.79. The molecule has 0 atom stereocenters. The zero-order valence-electron chi connectivity index (χ0n) is 10.9. The molecule has 1 aromatic carbocycles. The van der Waals surface area contributed by atoms with E-state index in [2.05, 4.69) is 17.2 Å². The number of nitrogens with one attached hydrogen (secondary N) is 1. The van der Waals surface area contributed by atoms with E-state index in [0.717, 1.165) is 5.56 Å². The zero-order chi connectivity index (χ0) is 14.5. The Morgan fingerprint density at radius 1 is 1.45 bits per heavy atom. The lowest BCUT2D eigenvalue weighted by Crippen LogP contribution is -2.12. The number of nitrogens with two attached hydrogens (primary N) is 1. The third kappa shape index (κ3) is 3.40. The Balaban J connectivity index is 2.24. The fourth-order valence-corrected chi connectivity index (χ4v) is 2.55. The first kappa shape index (κ1) is 14.6. The molecule has 3 N–H and O–H groups in total. The monoisotopic (exact) mass is 304 g/mol. The number of carbonyl (C=O) groups excluding carboxylic acids is 1. The number of rotatable bonds is 2. The number of anilines is 1. The highest BCUT2D eigenvalue weighted by atomic mass is 35.5. The first-order valence-corrected chi connectivity index (χ1v) is 7.21. The second-order valence-electron chi connectivity index (χ2n) is 4.08. The average Bonchev–Trinajstić information content (AvgIpc) is 2.89. The Bertz CT molecular complexity index is 697. The first-order chi connectivity index (χ1) is 9.61. The summed E-state index contributed by atoms with van der Waals surface area (Å²) >= 11 is 7.29. The topological polar surface area (TPSA) is 55.1 Å². The van der Waals surface area contributed by atoms with E-state index in [1.807, 2.05) is 24.4 Å². The minimum Gasteiger partial charge on any atom is -0.321 e. The molecule has 1 heterocycles. The van der Waals surface area contributed by atoms with Gasteiger partial charge in [0, 0.05) is 16.3 Å². The van der Waals surface area contributed by atoms with Gasteiger partial charge in [-0.05, 0) is 36.1 Å². The van der Waals surface area contributed by atoms with Gasteiger partial charge in [-0.15, -0.1) is 11.3 Å². The molecular formula is C15H13ClN2OS. The van der Waals surface area contributed by atoms with Crippen LogP contribution < -0.4 is 11.1 Å². The van der Waals surface area contributed by atoms with Crippen LogP contribution in [0.5, 0.6) is 0 Å². The maximum atomic E-state index is 12.3. The van der Waals surface area contributed by atoms with Crippen LogP contribution in [0.2, 0.25) is 5.02 Å². The minimum absolute atomic E-state index is 0.188. The van der Waals surface area contributed by atoms with Gasteiger partial charge >= 0.3 is 0 Å². The molecule has 0 saturated heterocycles. The molecule has 0 aliphatic carbocycles. The summed E-state index contributed by atoms with van der Waals surface area (Å²) in [6.45, 7) is 2.18. The second-order valence-corrected chi connectivity index (χ2v) is 5.44. The van der Waals surface area contributed by atoms with Crippen LogP contribution >= 0.6 is 22.9 Å². The molecule has 0 spiro atoms. The van der Waals surface area contributed by atoms with Crippen LogP contribution in [0.1, 0.15) is 20.8 Å². The predicted molar refractivity (Wildman–Crippen MR) is 84.4 cm³/mol. The van der Waals surface area contributed by atoms with Gasteiger partial charge in [0.05, 0.1) is 6.54 Å². The summed E-state index contributed by atoms with van der Waals surface area (Å²) in [5.41, 5.74) is 7.69. The molecule has 0 radical (unpaired) electrons. The van der Waals surface area contributed by atoms with Crippen molar-refractivity contribution < 1.29 is 4.79 Å². The maximum Gasteiger partial charge on any atom is 0.267 e. The average molecular weight is 305 g/mol. The summed E-state index contributed by atoms with van der Waals surface area (Å²) in [6.07, 6.45) is 0. The second kappa shape index (κ2) is 6.58. The van der Waals surface area contributed by atoms with Crippen molar-refractivity contribution >= 4 is 34.5 Å². The van der Waals surface area contributed by atoms with Crippen molar-refractivity contribution in [3.63, 3.8) is 0 Å².